The number of nitrogens with two attached hydrogens (primary N) is 1. The molecule has 1 aromatic rings. The van der Waals surface area contributed by atoms with Gasteiger partial charge in [0.2, 0.25) is 5.91 Å². The third-order valence-electron chi connectivity index (χ3n) is 2.84. The summed E-state index contributed by atoms with van der Waals surface area (Å²) in [7, 11) is 0. The Morgan fingerprint density at radius 3 is 2.62 bits per heavy atom. The predicted molar refractivity (Wildman–Crippen MR) is 87.9 cm³/mol. The van der Waals surface area contributed by atoms with E-state index >= 15 is 0 Å². The fourth-order valence-electron chi connectivity index (χ4n) is 2.16. The zero-order chi connectivity index (χ0) is 16.0. The summed E-state index contributed by atoms with van der Waals surface area (Å²) in [5.74, 6) is 0.508. The Hall–Kier alpha value is -1.26. The molecule has 0 saturated carbocycles. The maximum absolute atomic E-state index is 12.0. The lowest BCUT2D eigenvalue weighted by molar-refractivity contribution is -0.116. The van der Waals surface area contributed by atoms with Crippen molar-refractivity contribution in [3.8, 4) is 5.75 Å². The van der Waals surface area contributed by atoms with Crippen LogP contribution in [0.1, 0.15) is 40.5 Å². The quantitative estimate of drug-likeness (QED) is 0.839. The van der Waals surface area contributed by atoms with E-state index in [9.17, 15) is 4.79 Å². The van der Waals surface area contributed by atoms with Crippen LogP contribution in [0.2, 0.25) is 5.02 Å². The molecule has 0 aromatic heterocycles. The molecule has 0 spiro atoms. The van der Waals surface area contributed by atoms with Crippen molar-refractivity contribution in [2.75, 3.05) is 11.9 Å². The summed E-state index contributed by atoms with van der Waals surface area (Å²) in [6.07, 6.45) is 1.09. The summed E-state index contributed by atoms with van der Waals surface area (Å²) < 4.78 is 5.35. The summed E-state index contributed by atoms with van der Waals surface area (Å²) >= 11 is 6.08. The van der Waals surface area contributed by atoms with E-state index in [1.165, 1.54) is 0 Å². The minimum atomic E-state index is -0.150. The topological polar surface area (TPSA) is 64.3 Å². The summed E-state index contributed by atoms with van der Waals surface area (Å²) in [4.78, 5) is 12.0. The van der Waals surface area contributed by atoms with E-state index in [1.807, 2.05) is 6.92 Å². The van der Waals surface area contributed by atoms with Gasteiger partial charge in [-0.1, -0.05) is 32.4 Å². The molecule has 3 N–H and O–H groups in total. The Labute approximate surface area is 132 Å². The van der Waals surface area contributed by atoms with Gasteiger partial charge >= 0.3 is 0 Å². The number of nitrogens with one attached hydrogen (secondary N) is 1. The van der Waals surface area contributed by atoms with E-state index in [4.69, 9.17) is 22.1 Å². The molecule has 4 nitrogen and oxygen atoms in total. The minimum Gasteiger partial charge on any atom is -0.492 e. The molecule has 0 heterocycles. The number of amides is 1. The number of carbonyl (C=O) groups is 1. The number of hydrogen-bond acceptors (Lipinski definition) is 3. The van der Waals surface area contributed by atoms with Crippen LogP contribution in [0.25, 0.3) is 0 Å². The highest BCUT2D eigenvalue weighted by Crippen LogP contribution is 2.28. The van der Waals surface area contributed by atoms with E-state index in [1.54, 1.807) is 18.2 Å². The van der Waals surface area contributed by atoms with E-state index in [2.05, 4.69) is 26.1 Å². The normalized spacial score (nSPS) is 12.9. The van der Waals surface area contributed by atoms with Gasteiger partial charge in [-0.25, -0.2) is 0 Å². The fourth-order valence-corrected chi connectivity index (χ4v) is 2.40. The fraction of sp³-hybridized carbons (Fsp3) is 0.562. The van der Waals surface area contributed by atoms with Crippen LogP contribution in [-0.4, -0.2) is 18.6 Å². The van der Waals surface area contributed by atoms with Crippen molar-refractivity contribution < 1.29 is 9.53 Å². The summed E-state index contributed by atoms with van der Waals surface area (Å²) in [6, 6.07) is 5.04. The first kappa shape index (κ1) is 17.8. The standard InChI is InChI=1S/C16H25ClN2O2/c1-5-21-14-7-6-12(9-13(14)17)19-15(20)8-11(18)10-16(2,3)4/h6-7,9,11H,5,8,10,18H2,1-4H3,(H,19,20). The van der Waals surface area contributed by atoms with Gasteiger partial charge in [0.1, 0.15) is 5.75 Å². The van der Waals surface area contributed by atoms with Crippen molar-refractivity contribution in [3.05, 3.63) is 23.2 Å². The molecular formula is C16H25ClN2O2. The van der Waals surface area contributed by atoms with Gasteiger partial charge in [-0.2, -0.15) is 0 Å². The van der Waals surface area contributed by atoms with Crippen LogP contribution >= 0.6 is 11.6 Å². The lowest BCUT2D eigenvalue weighted by Crippen LogP contribution is -2.31. The van der Waals surface area contributed by atoms with Crippen LogP contribution in [0.3, 0.4) is 0 Å². The van der Waals surface area contributed by atoms with Gasteiger partial charge in [0.15, 0.2) is 0 Å². The van der Waals surface area contributed by atoms with Crippen LogP contribution in [0.5, 0.6) is 5.75 Å². The molecule has 0 radical (unpaired) electrons. The summed E-state index contributed by atoms with van der Waals surface area (Å²) in [6.45, 7) is 8.76. The molecule has 0 bridgehead atoms. The molecule has 1 rings (SSSR count). The molecule has 1 amide bonds. The Bertz CT molecular complexity index is 484. The molecular weight excluding hydrogens is 288 g/mol. The Balaban J connectivity index is 2.57. The Morgan fingerprint density at radius 1 is 1.43 bits per heavy atom. The molecule has 118 valence electrons. The van der Waals surface area contributed by atoms with Gasteiger partial charge < -0.3 is 15.8 Å². The van der Waals surface area contributed by atoms with Crippen molar-refractivity contribution in [1.82, 2.24) is 0 Å². The van der Waals surface area contributed by atoms with Gasteiger partial charge in [0.05, 0.1) is 11.6 Å². The molecule has 0 saturated heterocycles. The third-order valence-corrected chi connectivity index (χ3v) is 3.13. The van der Waals surface area contributed by atoms with E-state index in [0.29, 0.717) is 29.5 Å². The van der Waals surface area contributed by atoms with Crippen molar-refractivity contribution in [2.24, 2.45) is 11.1 Å². The predicted octanol–water partition coefficient (Wildman–Crippen LogP) is 3.83. The molecule has 0 aliphatic rings. The van der Waals surface area contributed by atoms with E-state index < -0.39 is 0 Å². The van der Waals surface area contributed by atoms with E-state index in [0.717, 1.165) is 6.42 Å². The number of anilines is 1. The first-order chi connectivity index (χ1) is 9.71. The first-order valence-electron chi connectivity index (χ1n) is 7.19. The smallest absolute Gasteiger partial charge is 0.225 e. The maximum Gasteiger partial charge on any atom is 0.225 e. The van der Waals surface area contributed by atoms with Crippen molar-refractivity contribution >= 4 is 23.2 Å². The van der Waals surface area contributed by atoms with Crippen LogP contribution in [0.4, 0.5) is 5.69 Å². The Morgan fingerprint density at radius 2 is 2.10 bits per heavy atom. The zero-order valence-electron chi connectivity index (χ0n) is 13.2. The second kappa shape index (κ2) is 7.66. The second-order valence-electron chi connectivity index (χ2n) is 6.36. The first-order valence-corrected chi connectivity index (χ1v) is 7.57. The largest absolute Gasteiger partial charge is 0.492 e. The summed E-state index contributed by atoms with van der Waals surface area (Å²) in [5.41, 5.74) is 6.76. The van der Waals surface area contributed by atoms with Crippen LogP contribution in [-0.2, 0) is 4.79 Å². The lowest BCUT2D eigenvalue weighted by atomic mass is 9.87. The lowest BCUT2D eigenvalue weighted by Gasteiger charge is -2.22. The molecule has 1 unspecified atom stereocenters. The van der Waals surface area contributed by atoms with Crippen LogP contribution in [0, 0.1) is 5.41 Å². The highest BCUT2D eigenvalue weighted by molar-refractivity contribution is 6.32. The van der Waals surface area contributed by atoms with Gasteiger partial charge in [-0.05, 0) is 37.0 Å². The minimum absolute atomic E-state index is 0.105. The molecule has 5 heteroatoms. The third kappa shape index (κ3) is 6.82. The van der Waals surface area contributed by atoms with Crippen molar-refractivity contribution in [3.63, 3.8) is 0 Å². The zero-order valence-corrected chi connectivity index (χ0v) is 14.0. The van der Waals surface area contributed by atoms with Gasteiger partial charge in [-0.3, -0.25) is 4.79 Å². The number of hydrogen-bond donors (Lipinski definition) is 2. The number of benzene rings is 1. The molecule has 0 aliphatic carbocycles. The molecule has 1 atom stereocenters. The SMILES string of the molecule is CCOc1ccc(NC(=O)CC(N)CC(C)(C)C)cc1Cl. The average Bonchev–Trinajstić information content (AvgIpc) is 2.29. The van der Waals surface area contributed by atoms with Gasteiger partial charge in [-0.15, -0.1) is 0 Å². The highest BCUT2D eigenvalue weighted by Gasteiger charge is 2.18. The monoisotopic (exact) mass is 312 g/mol. The van der Waals surface area contributed by atoms with Crippen LogP contribution in [0.15, 0.2) is 18.2 Å². The number of carbonyl (C=O) groups excluding carboxylic acids is 1. The van der Waals surface area contributed by atoms with Gasteiger partial charge in [0.25, 0.3) is 0 Å². The van der Waals surface area contributed by atoms with E-state index in [-0.39, 0.29) is 17.4 Å². The molecule has 0 fully saturated rings. The average molecular weight is 313 g/mol. The molecule has 0 aliphatic heterocycles. The van der Waals surface area contributed by atoms with Crippen LogP contribution < -0.4 is 15.8 Å². The molecule has 1 aromatic carbocycles. The summed E-state index contributed by atoms with van der Waals surface area (Å²) in [5, 5.41) is 3.29. The maximum atomic E-state index is 12.0. The highest BCUT2D eigenvalue weighted by atomic mass is 35.5. The van der Waals surface area contributed by atoms with Crippen molar-refractivity contribution in [1.29, 1.82) is 0 Å². The number of ether oxygens (including phenoxy) is 1. The Kier molecular flexibility index (Phi) is 6.49. The number of halogens is 1. The molecule has 21 heavy (non-hydrogen) atoms. The van der Waals surface area contributed by atoms with Gasteiger partial charge in [0, 0.05) is 18.2 Å². The van der Waals surface area contributed by atoms with Crippen molar-refractivity contribution in [2.45, 2.75) is 46.6 Å². The second-order valence-corrected chi connectivity index (χ2v) is 6.76. The number of rotatable bonds is 6.